The van der Waals surface area contributed by atoms with Crippen LogP contribution in [0.25, 0.3) is 0 Å². The first-order valence-corrected chi connectivity index (χ1v) is 10.8. The summed E-state index contributed by atoms with van der Waals surface area (Å²) in [4.78, 5) is 32.6. The van der Waals surface area contributed by atoms with E-state index in [1.807, 2.05) is 24.3 Å². The lowest BCUT2D eigenvalue weighted by atomic mass is 10.0. The monoisotopic (exact) mass is 448 g/mol. The Bertz CT molecular complexity index is 1150. The molecular weight excluding hydrogens is 423 g/mol. The second-order valence-electron chi connectivity index (χ2n) is 8.44. The van der Waals surface area contributed by atoms with Crippen LogP contribution in [0.15, 0.2) is 61.2 Å². The molecule has 2 N–H and O–H groups in total. The van der Waals surface area contributed by atoms with E-state index in [4.69, 9.17) is 4.74 Å². The highest BCUT2D eigenvalue weighted by Crippen LogP contribution is 2.36. The third kappa shape index (κ3) is 5.34. The Kier molecular flexibility index (Phi) is 6.35. The predicted molar refractivity (Wildman–Crippen MR) is 120 cm³/mol. The SMILES string of the molecule is CC(C)c1ccc(Oc2ccc(CNC(=O)C3(NC(=O)c4cncnc4)CC3)cc2F)cc1. The van der Waals surface area contributed by atoms with Crippen LogP contribution in [-0.2, 0) is 11.3 Å². The van der Waals surface area contributed by atoms with Crippen molar-refractivity contribution in [1.82, 2.24) is 20.6 Å². The molecule has 33 heavy (non-hydrogen) atoms. The molecule has 8 heteroatoms. The van der Waals surface area contributed by atoms with Crippen LogP contribution in [0.5, 0.6) is 11.5 Å². The Morgan fingerprint density at radius 3 is 2.39 bits per heavy atom. The van der Waals surface area contributed by atoms with Crippen molar-refractivity contribution in [1.29, 1.82) is 0 Å². The molecule has 0 unspecified atom stereocenters. The van der Waals surface area contributed by atoms with E-state index in [1.165, 1.54) is 36.4 Å². The van der Waals surface area contributed by atoms with Crippen LogP contribution in [0.2, 0.25) is 0 Å². The molecule has 0 bridgehead atoms. The number of hydrogen-bond acceptors (Lipinski definition) is 5. The van der Waals surface area contributed by atoms with E-state index in [1.54, 1.807) is 6.07 Å². The number of nitrogens with one attached hydrogen (secondary N) is 2. The molecular formula is C25H25FN4O3. The molecule has 0 saturated heterocycles. The van der Waals surface area contributed by atoms with Crippen LogP contribution in [0.4, 0.5) is 4.39 Å². The Morgan fingerprint density at radius 1 is 1.09 bits per heavy atom. The molecule has 170 valence electrons. The van der Waals surface area contributed by atoms with E-state index in [-0.39, 0.29) is 23.8 Å². The maximum Gasteiger partial charge on any atom is 0.255 e. The topological polar surface area (TPSA) is 93.2 Å². The second kappa shape index (κ2) is 9.36. The number of aromatic nitrogens is 2. The minimum Gasteiger partial charge on any atom is -0.454 e. The number of rotatable bonds is 8. The molecule has 0 atom stereocenters. The maximum atomic E-state index is 14.6. The molecule has 0 spiro atoms. The molecule has 1 heterocycles. The molecule has 1 aliphatic rings. The van der Waals surface area contributed by atoms with Gasteiger partial charge in [-0.2, -0.15) is 0 Å². The highest BCUT2D eigenvalue weighted by molar-refractivity contribution is 6.00. The molecule has 2 amide bonds. The summed E-state index contributed by atoms with van der Waals surface area (Å²) in [5, 5.41) is 5.53. The van der Waals surface area contributed by atoms with E-state index in [2.05, 4.69) is 34.4 Å². The van der Waals surface area contributed by atoms with Crippen molar-refractivity contribution in [3.8, 4) is 11.5 Å². The van der Waals surface area contributed by atoms with Crippen LogP contribution < -0.4 is 15.4 Å². The van der Waals surface area contributed by atoms with Gasteiger partial charge in [-0.05, 0) is 54.2 Å². The van der Waals surface area contributed by atoms with Crippen LogP contribution in [0.1, 0.15) is 54.1 Å². The van der Waals surface area contributed by atoms with Crippen molar-refractivity contribution in [2.75, 3.05) is 0 Å². The summed E-state index contributed by atoms with van der Waals surface area (Å²) in [5.41, 5.74) is 1.10. The zero-order chi connectivity index (χ0) is 23.4. The van der Waals surface area contributed by atoms with Crippen LogP contribution in [0.3, 0.4) is 0 Å². The fourth-order valence-corrected chi connectivity index (χ4v) is 3.38. The minimum absolute atomic E-state index is 0.110. The molecule has 1 fully saturated rings. The molecule has 3 aromatic rings. The van der Waals surface area contributed by atoms with Gasteiger partial charge in [0.05, 0.1) is 5.56 Å². The van der Waals surface area contributed by atoms with E-state index in [0.29, 0.717) is 30.1 Å². The quantitative estimate of drug-likeness (QED) is 0.541. The summed E-state index contributed by atoms with van der Waals surface area (Å²) in [6, 6.07) is 12.1. The van der Waals surface area contributed by atoms with Crippen molar-refractivity contribution in [2.24, 2.45) is 0 Å². The van der Waals surface area contributed by atoms with Gasteiger partial charge in [-0.15, -0.1) is 0 Å². The smallest absolute Gasteiger partial charge is 0.255 e. The van der Waals surface area contributed by atoms with Gasteiger partial charge in [-0.1, -0.05) is 32.0 Å². The minimum atomic E-state index is -0.948. The van der Waals surface area contributed by atoms with Gasteiger partial charge in [0.15, 0.2) is 11.6 Å². The van der Waals surface area contributed by atoms with Crippen molar-refractivity contribution in [2.45, 2.75) is 44.7 Å². The first kappa shape index (κ1) is 22.4. The third-order valence-corrected chi connectivity index (χ3v) is 5.58. The summed E-state index contributed by atoms with van der Waals surface area (Å²) in [5.74, 6) is -0.169. The number of halogens is 1. The van der Waals surface area contributed by atoms with Gasteiger partial charge >= 0.3 is 0 Å². The molecule has 4 rings (SSSR count). The van der Waals surface area contributed by atoms with Gasteiger partial charge in [0.1, 0.15) is 17.6 Å². The fourth-order valence-electron chi connectivity index (χ4n) is 3.38. The standard InChI is InChI=1S/C25H25FN4O3/c1-16(2)18-4-6-20(7-5-18)33-22-8-3-17(11-21(22)26)12-29-24(32)25(9-10-25)30-23(31)19-13-27-15-28-14-19/h3-8,11,13-16H,9-10,12H2,1-2H3,(H,29,32)(H,30,31). The zero-order valence-electron chi connectivity index (χ0n) is 18.5. The number of hydrogen-bond donors (Lipinski definition) is 2. The van der Waals surface area contributed by atoms with E-state index in [9.17, 15) is 14.0 Å². The maximum absolute atomic E-state index is 14.6. The molecule has 1 aliphatic carbocycles. The number of nitrogens with zero attached hydrogens (tertiary/aromatic N) is 2. The van der Waals surface area contributed by atoms with E-state index >= 15 is 0 Å². The van der Waals surface area contributed by atoms with Gasteiger partial charge in [-0.25, -0.2) is 14.4 Å². The van der Waals surface area contributed by atoms with Crippen molar-refractivity contribution >= 4 is 11.8 Å². The van der Waals surface area contributed by atoms with Crippen molar-refractivity contribution in [3.63, 3.8) is 0 Å². The summed E-state index contributed by atoms with van der Waals surface area (Å²) in [6.45, 7) is 4.33. The molecule has 1 saturated carbocycles. The lowest BCUT2D eigenvalue weighted by molar-refractivity contribution is -0.124. The first-order chi connectivity index (χ1) is 15.9. The normalized spacial score (nSPS) is 13.9. The Labute approximate surface area is 191 Å². The summed E-state index contributed by atoms with van der Waals surface area (Å²) in [7, 11) is 0. The average Bonchev–Trinajstić information content (AvgIpc) is 3.60. The lowest BCUT2D eigenvalue weighted by Gasteiger charge is -2.17. The highest BCUT2D eigenvalue weighted by Gasteiger charge is 2.51. The summed E-state index contributed by atoms with van der Waals surface area (Å²) in [6.07, 6.45) is 5.18. The Balaban J connectivity index is 1.33. The van der Waals surface area contributed by atoms with Crippen LogP contribution in [-0.4, -0.2) is 27.3 Å². The number of benzene rings is 2. The molecule has 0 aliphatic heterocycles. The van der Waals surface area contributed by atoms with Gasteiger partial charge < -0.3 is 15.4 Å². The number of amides is 2. The van der Waals surface area contributed by atoms with E-state index < -0.39 is 17.3 Å². The first-order valence-electron chi connectivity index (χ1n) is 10.8. The predicted octanol–water partition coefficient (Wildman–Crippen LogP) is 4.11. The Morgan fingerprint density at radius 2 is 1.79 bits per heavy atom. The number of carbonyl (C=O) groups excluding carboxylic acids is 2. The van der Waals surface area contributed by atoms with Crippen molar-refractivity contribution in [3.05, 3.63) is 83.7 Å². The van der Waals surface area contributed by atoms with Gasteiger partial charge in [0.2, 0.25) is 5.91 Å². The van der Waals surface area contributed by atoms with Crippen LogP contribution >= 0.6 is 0 Å². The van der Waals surface area contributed by atoms with Gasteiger partial charge in [0, 0.05) is 18.9 Å². The summed E-state index contributed by atoms with van der Waals surface area (Å²) >= 11 is 0. The second-order valence-corrected chi connectivity index (χ2v) is 8.44. The van der Waals surface area contributed by atoms with Crippen LogP contribution in [0, 0.1) is 5.82 Å². The lowest BCUT2D eigenvalue weighted by Crippen LogP contribution is -2.48. The third-order valence-electron chi connectivity index (χ3n) is 5.58. The zero-order valence-corrected chi connectivity index (χ0v) is 18.5. The number of ether oxygens (including phenoxy) is 1. The van der Waals surface area contributed by atoms with Gasteiger partial charge in [-0.3, -0.25) is 9.59 Å². The molecule has 0 radical (unpaired) electrons. The fraction of sp³-hybridized carbons (Fsp3) is 0.280. The van der Waals surface area contributed by atoms with E-state index in [0.717, 1.165) is 0 Å². The molecule has 7 nitrogen and oxygen atoms in total. The Hall–Kier alpha value is -3.81. The van der Waals surface area contributed by atoms with Gasteiger partial charge in [0.25, 0.3) is 5.91 Å². The molecule has 1 aromatic heterocycles. The van der Waals surface area contributed by atoms with Crippen molar-refractivity contribution < 1.29 is 18.7 Å². The highest BCUT2D eigenvalue weighted by atomic mass is 19.1. The number of carbonyl (C=O) groups is 2. The average molecular weight is 448 g/mol. The largest absolute Gasteiger partial charge is 0.454 e. The molecule has 2 aromatic carbocycles. The summed E-state index contributed by atoms with van der Waals surface area (Å²) < 4.78 is 20.2.